The second-order valence-electron chi connectivity index (χ2n) is 10.1. The van der Waals surface area contributed by atoms with Gasteiger partial charge in [-0.3, -0.25) is 0 Å². The van der Waals surface area contributed by atoms with E-state index < -0.39 is 8.32 Å². The first-order chi connectivity index (χ1) is 14.6. The van der Waals surface area contributed by atoms with E-state index in [0.717, 1.165) is 17.6 Å². The molecule has 0 amide bonds. The summed E-state index contributed by atoms with van der Waals surface area (Å²) < 4.78 is 18.4. The SMILES string of the molecule is C=C(C)[C@@H](CN=[N+]=[N-])[C@H](CCOCc1ccccc1)[C@H]1O[C@@H]1CO[Si](C)(C)C(C)(C)C. The fourth-order valence-electron chi connectivity index (χ4n) is 3.53. The number of hydrogen-bond donors (Lipinski definition) is 0. The predicted molar refractivity (Wildman–Crippen MR) is 128 cm³/mol. The van der Waals surface area contributed by atoms with E-state index in [1.807, 2.05) is 25.1 Å². The maximum Gasteiger partial charge on any atom is 0.192 e. The molecule has 1 aromatic rings. The molecule has 0 radical (unpaired) electrons. The van der Waals surface area contributed by atoms with Crippen LogP contribution in [0.1, 0.15) is 39.7 Å². The van der Waals surface area contributed by atoms with Gasteiger partial charge in [0.25, 0.3) is 0 Å². The third-order valence-corrected chi connectivity index (χ3v) is 11.2. The Morgan fingerprint density at radius 2 is 1.97 bits per heavy atom. The van der Waals surface area contributed by atoms with Crippen LogP contribution in [0.4, 0.5) is 0 Å². The summed E-state index contributed by atoms with van der Waals surface area (Å²) in [5, 5.41) is 4.01. The Hall–Kier alpha value is -1.63. The van der Waals surface area contributed by atoms with Crippen molar-refractivity contribution in [2.75, 3.05) is 19.8 Å². The van der Waals surface area contributed by atoms with Crippen molar-refractivity contribution in [2.24, 2.45) is 17.0 Å². The van der Waals surface area contributed by atoms with Crippen LogP contribution < -0.4 is 0 Å². The van der Waals surface area contributed by atoms with Crippen LogP contribution in [0.25, 0.3) is 10.4 Å². The van der Waals surface area contributed by atoms with Gasteiger partial charge in [-0.1, -0.05) is 68.4 Å². The van der Waals surface area contributed by atoms with Gasteiger partial charge in [0.2, 0.25) is 0 Å². The quantitative estimate of drug-likeness (QED) is 0.0661. The van der Waals surface area contributed by atoms with Crippen LogP contribution in [0.15, 0.2) is 47.6 Å². The van der Waals surface area contributed by atoms with Crippen LogP contribution in [-0.2, 0) is 20.5 Å². The smallest absolute Gasteiger partial charge is 0.192 e. The van der Waals surface area contributed by atoms with Gasteiger partial charge >= 0.3 is 0 Å². The van der Waals surface area contributed by atoms with Gasteiger partial charge in [-0.25, -0.2) is 0 Å². The van der Waals surface area contributed by atoms with Crippen LogP contribution in [0, 0.1) is 11.8 Å². The second-order valence-corrected chi connectivity index (χ2v) is 14.9. The Kier molecular flexibility index (Phi) is 9.34. The van der Waals surface area contributed by atoms with Gasteiger partial charge in [0.1, 0.15) is 6.10 Å². The molecule has 1 aliphatic heterocycles. The number of hydrogen-bond acceptors (Lipinski definition) is 4. The highest BCUT2D eigenvalue weighted by Gasteiger charge is 2.49. The Labute approximate surface area is 188 Å². The maximum atomic E-state index is 8.83. The zero-order chi connectivity index (χ0) is 23.1. The molecule has 1 aromatic carbocycles. The van der Waals surface area contributed by atoms with Crippen LogP contribution in [0.3, 0.4) is 0 Å². The minimum Gasteiger partial charge on any atom is -0.414 e. The Morgan fingerprint density at radius 3 is 2.55 bits per heavy atom. The molecule has 31 heavy (non-hydrogen) atoms. The Morgan fingerprint density at radius 1 is 1.29 bits per heavy atom. The zero-order valence-electron chi connectivity index (χ0n) is 20.0. The van der Waals surface area contributed by atoms with Gasteiger partial charge in [0, 0.05) is 18.1 Å². The molecule has 6 nitrogen and oxygen atoms in total. The summed E-state index contributed by atoms with van der Waals surface area (Å²) >= 11 is 0. The highest BCUT2D eigenvalue weighted by Crippen LogP contribution is 2.41. The molecule has 0 saturated carbocycles. The average molecular weight is 446 g/mol. The van der Waals surface area contributed by atoms with Crippen molar-refractivity contribution < 1.29 is 13.9 Å². The van der Waals surface area contributed by atoms with Crippen molar-refractivity contribution in [3.8, 4) is 0 Å². The first-order valence-corrected chi connectivity index (χ1v) is 14.0. The van der Waals surface area contributed by atoms with Gasteiger partial charge in [-0.15, -0.1) is 0 Å². The average Bonchev–Trinajstić information content (AvgIpc) is 3.47. The van der Waals surface area contributed by atoms with Gasteiger partial charge in [-0.05, 0) is 54.4 Å². The summed E-state index contributed by atoms with van der Waals surface area (Å²) in [5.41, 5.74) is 11.0. The molecule has 0 aliphatic carbocycles. The van der Waals surface area contributed by atoms with Crippen molar-refractivity contribution in [1.82, 2.24) is 0 Å². The highest BCUT2D eigenvalue weighted by molar-refractivity contribution is 6.74. The van der Waals surface area contributed by atoms with Crippen molar-refractivity contribution >= 4 is 8.32 Å². The summed E-state index contributed by atoms with van der Waals surface area (Å²) in [4.78, 5) is 2.96. The van der Waals surface area contributed by atoms with E-state index in [1.54, 1.807) is 0 Å². The van der Waals surface area contributed by atoms with E-state index in [2.05, 4.69) is 62.6 Å². The van der Waals surface area contributed by atoms with E-state index in [1.165, 1.54) is 0 Å². The molecular weight excluding hydrogens is 406 g/mol. The molecule has 2 rings (SSSR count). The van der Waals surface area contributed by atoms with Crippen LogP contribution in [0.5, 0.6) is 0 Å². The minimum atomic E-state index is -1.82. The predicted octanol–water partition coefficient (Wildman–Crippen LogP) is 6.50. The van der Waals surface area contributed by atoms with E-state index in [9.17, 15) is 0 Å². The van der Waals surface area contributed by atoms with Gasteiger partial charge in [0.15, 0.2) is 8.32 Å². The van der Waals surface area contributed by atoms with E-state index in [-0.39, 0.29) is 29.1 Å². The lowest BCUT2D eigenvalue weighted by Gasteiger charge is -2.36. The van der Waals surface area contributed by atoms with Crippen molar-refractivity contribution in [3.63, 3.8) is 0 Å². The summed E-state index contributed by atoms with van der Waals surface area (Å²) in [6, 6.07) is 10.2. The third-order valence-electron chi connectivity index (χ3n) is 6.66. The molecule has 4 atom stereocenters. The molecule has 172 valence electrons. The Bertz CT molecular complexity index is 757. The summed E-state index contributed by atoms with van der Waals surface area (Å²) in [5.74, 6) is 0.255. The van der Waals surface area contributed by atoms with E-state index in [0.29, 0.717) is 26.4 Å². The van der Waals surface area contributed by atoms with Crippen molar-refractivity contribution in [3.05, 3.63) is 58.5 Å². The summed E-state index contributed by atoms with van der Waals surface area (Å²) in [7, 11) is -1.82. The lowest BCUT2D eigenvalue weighted by molar-refractivity contribution is 0.0950. The first kappa shape index (κ1) is 25.6. The second kappa shape index (κ2) is 11.3. The lowest BCUT2D eigenvalue weighted by Crippen LogP contribution is -2.42. The molecule has 1 aliphatic rings. The van der Waals surface area contributed by atoms with Crippen LogP contribution in [0.2, 0.25) is 18.1 Å². The molecule has 0 unspecified atom stereocenters. The molecule has 0 aromatic heterocycles. The monoisotopic (exact) mass is 445 g/mol. The summed E-state index contributed by atoms with van der Waals surface area (Å²) in [6.45, 7) is 19.6. The largest absolute Gasteiger partial charge is 0.414 e. The summed E-state index contributed by atoms with van der Waals surface area (Å²) in [6.07, 6.45) is 0.994. The van der Waals surface area contributed by atoms with Crippen LogP contribution in [-0.4, -0.2) is 40.3 Å². The Balaban J connectivity index is 1.97. The van der Waals surface area contributed by atoms with Gasteiger partial charge < -0.3 is 13.9 Å². The minimum absolute atomic E-state index is 0.0686. The lowest BCUT2D eigenvalue weighted by atomic mass is 9.82. The molecule has 0 spiro atoms. The molecule has 1 saturated heterocycles. The fourth-order valence-corrected chi connectivity index (χ4v) is 4.55. The zero-order valence-corrected chi connectivity index (χ0v) is 21.0. The third kappa shape index (κ3) is 7.77. The molecule has 0 N–H and O–H groups in total. The van der Waals surface area contributed by atoms with Crippen molar-refractivity contribution in [1.29, 1.82) is 0 Å². The molecule has 0 bridgehead atoms. The standard InChI is InChI=1S/C24H39N3O3Si/c1-18(2)21(15-26-27-25)20(13-14-28-16-19-11-9-8-10-12-19)23-22(30-23)17-29-31(6,7)24(3,4)5/h8-12,20-23H,1,13-17H2,2-7H3/t20-,21+,22+,23+/m0/s1. The highest BCUT2D eigenvalue weighted by atomic mass is 28.4. The number of ether oxygens (including phenoxy) is 2. The fraction of sp³-hybridized carbons (Fsp3) is 0.667. The number of benzene rings is 1. The first-order valence-electron chi connectivity index (χ1n) is 11.1. The molecule has 7 heteroatoms. The van der Waals surface area contributed by atoms with Gasteiger partial charge in [0.05, 0.1) is 19.3 Å². The van der Waals surface area contributed by atoms with E-state index in [4.69, 9.17) is 19.4 Å². The number of azide groups is 1. The number of nitrogens with zero attached hydrogens (tertiary/aromatic N) is 3. The van der Waals surface area contributed by atoms with Gasteiger partial charge in [-0.2, -0.15) is 0 Å². The van der Waals surface area contributed by atoms with Crippen LogP contribution >= 0.6 is 0 Å². The maximum absolute atomic E-state index is 8.83. The number of rotatable bonds is 13. The topological polar surface area (TPSA) is 79.8 Å². The molecule has 1 fully saturated rings. The van der Waals surface area contributed by atoms with E-state index >= 15 is 0 Å². The molecule has 1 heterocycles. The number of epoxide rings is 1. The molecular formula is C24H39N3O3Si. The normalized spacial score (nSPS) is 20.6. The van der Waals surface area contributed by atoms with Crippen molar-refractivity contribution in [2.45, 2.75) is 71.1 Å².